The van der Waals surface area contributed by atoms with Gasteiger partial charge in [0.15, 0.2) is 0 Å². The lowest BCUT2D eigenvalue weighted by Crippen LogP contribution is -2.09. The van der Waals surface area contributed by atoms with E-state index in [2.05, 4.69) is 51.2 Å². The SMILES string of the molecule is CCC(C)Oc1ccc(CNc2cccc(OCC(C)C)c2)cc1. The third kappa shape index (κ3) is 6.15. The van der Waals surface area contributed by atoms with Gasteiger partial charge < -0.3 is 14.8 Å². The summed E-state index contributed by atoms with van der Waals surface area (Å²) in [6.07, 6.45) is 1.26. The molecule has 0 aliphatic heterocycles. The van der Waals surface area contributed by atoms with Crippen molar-refractivity contribution in [3.63, 3.8) is 0 Å². The van der Waals surface area contributed by atoms with E-state index in [1.165, 1.54) is 5.56 Å². The lowest BCUT2D eigenvalue weighted by Gasteiger charge is -2.13. The van der Waals surface area contributed by atoms with Crippen LogP contribution in [0.15, 0.2) is 48.5 Å². The molecule has 2 aromatic rings. The van der Waals surface area contributed by atoms with Crippen molar-refractivity contribution in [3.8, 4) is 11.5 Å². The largest absolute Gasteiger partial charge is 0.493 e. The molecule has 1 N–H and O–H groups in total. The zero-order valence-electron chi connectivity index (χ0n) is 15.2. The minimum Gasteiger partial charge on any atom is -0.493 e. The standard InChI is InChI=1S/C21H29NO2/c1-5-17(4)24-20-11-9-18(10-12-20)14-22-19-7-6-8-21(13-19)23-15-16(2)3/h6-13,16-17,22H,5,14-15H2,1-4H3. The molecular formula is C21H29NO2. The molecule has 0 fully saturated rings. The molecule has 1 atom stereocenters. The summed E-state index contributed by atoms with van der Waals surface area (Å²) < 4.78 is 11.6. The summed E-state index contributed by atoms with van der Waals surface area (Å²) in [5.41, 5.74) is 2.29. The van der Waals surface area contributed by atoms with E-state index in [0.29, 0.717) is 5.92 Å². The molecule has 0 spiro atoms. The molecular weight excluding hydrogens is 298 g/mol. The molecule has 0 aliphatic carbocycles. The molecule has 3 heteroatoms. The van der Waals surface area contributed by atoms with Crippen molar-refractivity contribution in [1.29, 1.82) is 0 Å². The first-order chi connectivity index (χ1) is 11.6. The number of ether oxygens (including phenoxy) is 2. The topological polar surface area (TPSA) is 30.5 Å². The monoisotopic (exact) mass is 327 g/mol. The van der Waals surface area contributed by atoms with Gasteiger partial charge in [-0.05, 0) is 49.1 Å². The predicted molar refractivity (Wildman–Crippen MR) is 101 cm³/mol. The van der Waals surface area contributed by atoms with Crippen molar-refractivity contribution in [1.82, 2.24) is 0 Å². The highest BCUT2D eigenvalue weighted by atomic mass is 16.5. The van der Waals surface area contributed by atoms with Gasteiger partial charge in [-0.3, -0.25) is 0 Å². The van der Waals surface area contributed by atoms with E-state index in [1.807, 2.05) is 30.3 Å². The Morgan fingerprint density at radius 1 is 0.958 bits per heavy atom. The summed E-state index contributed by atoms with van der Waals surface area (Å²) in [7, 11) is 0. The molecule has 2 aromatic carbocycles. The third-order valence-corrected chi connectivity index (χ3v) is 3.75. The van der Waals surface area contributed by atoms with Gasteiger partial charge in [0.25, 0.3) is 0 Å². The quantitative estimate of drug-likeness (QED) is 0.658. The Morgan fingerprint density at radius 2 is 1.71 bits per heavy atom. The zero-order valence-corrected chi connectivity index (χ0v) is 15.2. The van der Waals surface area contributed by atoms with E-state index in [4.69, 9.17) is 9.47 Å². The summed E-state index contributed by atoms with van der Waals surface area (Å²) in [4.78, 5) is 0. The molecule has 24 heavy (non-hydrogen) atoms. The van der Waals surface area contributed by atoms with Gasteiger partial charge in [-0.25, -0.2) is 0 Å². The Hall–Kier alpha value is -2.16. The Morgan fingerprint density at radius 3 is 2.38 bits per heavy atom. The van der Waals surface area contributed by atoms with Crippen LogP contribution in [0.1, 0.15) is 39.7 Å². The van der Waals surface area contributed by atoms with Gasteiger partial charge in [0, 0.05) is 18.3 Å². The summed E-state index contributed by atoms with van der Waals surface area (Å²) in [5, 5.41) is 3.44. The molecule has 2 rings (SSSR count). The minimum absolute atomic E-state index is 0.252. The van der Waals surface area contributed by atoms with Gasteiger partial charge in [0.05, 0.1) is 12.7 Å². The molecule has 0 heterocycles. The van der Waals surface area contributed by atoms with Crippen LogP contribution in [0.4, 0.5) is 5.69 Å². The molecule has 0 radical (unpaired) electrons. The normalized spacial score (nSPS) is 12.0. The number of hydrogen-bond acceptors (Lipinski definition) is 3. The number of nitrogens with one attached hydrogen (secondary N) is 1. The van der Waals surface area contributed by atoms with E-state index >= 15 is 0 Å². The lowest BCUT2D eigenvalue weighted by molar-refractivity contribution is 0.217. The van der Waals surface area contributed by atoms with E-state index in [0.717, 1.165) is 36.8 Å². The van der Waals surface area contributed by atoms with Crippen LogP contribution in [0.25, 0.3) is 0 Å². The van der Waals surface area contributed by atoms with Gasteiger partial charge in [-0.15, -0.1) is 0 Å². The fraction of sp³-hybridized carbons (Fsp3) is 0.429. The first-order valence-corrected chi connectivity index (χ1v) is 8.79. The molecule has 1 unspecified atom stereocenters. The van der Waals surface area contributed by atoms with Crippen LogP contribution in [-0.4, -0.2) is 12.7 Å². The van der Waals surface area contributed by atoms with Crippen molar-refractivity contribution in [2.45, 2.75) is 46.8 Å². The zero-order chi connectivity index (χ0) is 17.4. The van der Waals surface area contributed by atoms with Crippen molar-refractivity contribution in [2.75, 3.05) is 11.9 Å². The van der Waals surface area contributed by atoms with Gasteiger partial charge >= 0.3 is 0 Å². The fourth-order valence-electron chi connectivity index (χ4n) is 2.16. The van der Waals surface area contributed by atoms with Gasteiger partial charge in [0.2, 0.25) is 0 Å². The van der Waals surface area contributed by atoms with Crippen LogP contribution in [0.5, 0.6) is 11.5 Å². The second-order valence-electron chi connectivity index (χ2n) is 6.57. The van der Waals surface area contributed by atoms with Crippen LogP contribution in [-0.2, 0) is 6.54 Å². The van der Waals surface area contributed by atoms with Gasteiger partial charge in [-0.1, -0.05) is 39.0 Å². The highest BCUT2D eigenvalue weighted by Crippen LogP contribution is 2.20. The first kappa shape index (κ1) is 18.2. The van der Waals surface area contributed by atoms with Crippen LogP contribution >= 0.6 is 0 Å². The fourth-order valence-corrected chi connectivity index (χ4v) is 2.16. The average molecular weight is 327 g/mol. The molecule has 0 saturated heterocycles. The van der Waals surface area contributed by atoms with Crippen LogP contribution in [0, 0.1) is 5.92 Å². The predicted octanol–water partition coefficient (Wildman–Crippen LogP) is 5.51. The van der Waals surface area contributed by atoms with E-state index in [-0.39, 0.29) is 6.10 Å². The van der Waals surface area contributed by atoms with Crippen molar-refractivity contribution < 1.29 is 9.47 Å². The second kappa shape index (κ2) is 9.21. The first-order valence-electron chi connectivity index (χ1n) is 8.79. The molecule has 0 aromatic heterocycles. The van der Waals surface area contributed by atoms with Gasteiger partial charge in [0.1, 0.15) is 11.5 Å². The van der Waals surface area contributed by atoms with Gasteiger partial charge in [-0.2, -0.15) is 0 Å². The molecule has 3 nitrogen and oxygen atoms in total. The van der Waals surface area contributed by atoms with E-state index in [1.54, 1.807) is 0 Å². The Labute approximate surface area is 146 Å². The molecule has 0 amide bonds. The van der Waals surface area contributed by atoms with Crippen LogP contribution < -0.4 is 14.8 Å². The minimum atomic E-state index is 0.252. The summed E-state index contributed by atoms with van der Waals surface area (Å²) in [5.74, 6) is 2.36. The van der Waals surface area contributed by atoms with Crippen LogP contribution in [0.2, 0.25) is 0 Å². The number of rotatable bonds is 9. The highest BCUT2D eigenvalue weighted by Gasteiger charge is 2.02. The third-order valence-electron chi connectivity index (χ3n) is 3.75. The molecule has 0 saturated carbocycles. The van der Waals surface area contributed by atoms with E-state index in [9.17, 15) is 0 Å². The van der Waals surface area contributed by atoms with Crippen molar-refractivity contribution in [2.24, 2.45) is 5.92 Å². The smallest absolute Gasteiger partial charge is 0.121 e. The summed E-state index contributed by atoms with van der Waals surface area (Å²) in [6, 6.07) is 16.4. The maximum absolute atomic E-state index is 5.81. The van der Waals surface area contributed by atoms with E-state index < -0.39 is 0 Å². The Bertz CT molecular complexity index is 607. The lowest BCUT2D eigenvalue weighted by atomic mass is 10.2. The molecule has 130 valence electrons. The van der Waals surface area contributed by atoms with Crippen LogP contribution in [0.3, 0.4) is 0 Å². The molecule has 0 bridgehead atoms. The summed E-state index contributed by atoms with van der Waals surface area (Å²) >= 11 is 0. The Balaban J connectivity index is 1.87. The second-order valence-corrected chi connectivity index (χ2v) is 6.57. The van der Waals surface area contributed by atoms with Crippen molar-refractivity contribution >= 4 is 5.69 Å². The molecule has 0 aliphatic rings. The maximum Gasteiger partial charge on any atom is 0.121 e. The Kier molecular flexibility index (Phi) is 6.98. The average Bonchev–Trinajstić information content (AvgIpc) is 2.59. The highest BCUT2D eigenvalue weighted by molar-refractivity contribution is 5.48. The number of benzene rings is 2. The number of hydrogen-bond donors (Lipinski definition) is 1. The summed E-state index contributed by atoms with van der Waals surface area (Å²) in [6.45, 7) is 10.0. The maximum atomic E-state index is 5.81. The van der Waals surface area contributed by atoms with Crippen molar-refractivity contribution in [3.05, 3.63) is 54.1 Å². The number of anilines is 1.